The summed E-state index contributed by atoms with van der Waals surface area (Å²) in [6.07, 6.45) is 3.90. The van der Waals surface area contributed by atoms with Gasteiger partial charge in [0.2, 0.25) is 0 Å². The van der Waals surface area contributed by atoms with Crippen LogP contribution in [-0.4, -0.2) is 5.92 Å². The molecule has 0 aliphatic heterocycles. The number of alkyl halides is 2. The maximum atomic E-state index is 12.8. The van der Waals surface area contributed by atoms with Crippen LogP contribution in [0.4, 0.5) is 8.78 Å². The summed E-state index contributed by atoms with van der Waals surface area (Å²) in [5, 5.41) is 0. The van der Waals surface area contributed by atoms with E-state index in [1.165, 1.54) is 0 Å². The summed E-state index contributed by atoms with van der Waals surface area (Å²) in [7, 11) is 0. The Morgan fingerprint density at radius 2 is 2.09 bits per heavy atom. The van der Waals surface area contributed by atoms with Crippen molar-refractivity contribution in [3.63, 3.8) is 0 Å². The van der Waals surface area contributed by atoms with Gasteiger partial charge >= 0.3 is 0 Å². The summed E-state index contributed by atoms with van der Waals surface area (Å²) in [5.74, 6) is -2.36. The Balaban J connectivity index is 1.97. The fraction of sp³-hybridized carbons (Fsp3) is 1.00. The predicted molar refractivity (Wildman–Crippen MR) is 39.6 cm³/mol. The van der Waals surface area contributed by atoms with Crippen LogP contribution in [-0.2, 0) is 0 Å². The Bertz CT molecular complexity index is 165. The first-order valence-electron chi connectivity index (χ1n) is 4.55. The number of hydrogen-bond acceptors (Lipinski definition) is 0. The van der Waals surface area contributed by atoms with Crippen molar-refractivity contribution in [2.75, 3.05) is 0 Å². The van der Waals surface area contributed by atoms with Crippen molar-refractivity contribution in [2.24, 2.45) is 17.8 Å². The zero-order chi connectivity index (χ0) is 8.06. The number of rotatable bonds is 2. The molecular formula is C9H14F2. The van der Waals surface area contributed by atoms with Crippen molar-refractivity contribution in [2.45, 2.75) is 38.5 Å². The molecule has 3 atom stereocenters. The van der Waals surface area contributed by atoms with Crippen LogP contribution < -0.4 is 0 Å². The highest BCUT2D eigenvalue weighted by Gasteiger charge is 2.72. The van der Waals surface area contributed by atoms with Gasteiger partial charge in [-0.1, -0.05) is 19.8 Å². The molecule has 0 aromatic carbocycles. The van der Waals surface area contributed by atoms with Gasteiger partial charge in [-0.3, -0.25) is 0 Å². The van der Waals surface area contributed by atoms with E-state index >= 15 is 0 Å². The Labute approximate surface area is 66.0 Å². The molecule has 0 heterocycles. The minimum Gasteiger partial charge on any atom is -0.206 e. The Morgan fingerprint density at radius 3 is 2.55 bits per heavy atom. The van der Waals surface area contributed by atoms with Gasteiger partial charge in [0.25, 0.3) is 5.92 Å². The topological polar surface area (TPSA) is 0 Å². The van der Waals surface area contributed by atoms with Gasteiger partial charge in [-0.15, -0.1) is 0 Å². The minimum absolute atomic E-state index is 0.220. The molecule has 0 amide bonds. The summed E-state index contributed by atoms with van der Waals surface area (Å²) in [6, 6.07) is 0. The van der Waals surface area contributed by atoms with E-state index in [4.69, 9.17) is 0 Å². The van der Waals surface area contributed by atoms with Gasteiger partial charge in [0.1, 0.15) is 0 Å². The molecule has 2 rings (SSSR count). The van der Waals surface area contributed by atoms with Gasteiger partial charge in [-0.05, 0) is 18.8 Å². The van der Waals surface area contributed by atoms with Gasteiger partial charge in [-0.25, -0.2) is 8.78 Å². The van der Waals surface area contributed by atoms with E-state index in [1.54, 1.807) is 0 Å². The second-order valence-electron chi connectivity index (χ2n) is 3.93. The van der Waals surface area contributed by atoms with Crippen molar-refractivity contribution in [1.82, 2.24) is 0 Å². The van der Waals surface area contributed by atoms with E-state index in [9.17, 15) is 8.78 Å². The highest BCUT2D eigenvalue weighted by Crippen LogP contribution is 2.67. The summed E-state index contributed by atoms with van der Waals surface area (Å²) in [5.41, 5.74) is 0. The molecule has 2 heteroatoms. The smallest absolute Gasteiger partial charge is 0.206 e. The van der Waals surface area contributed by atoms with E-state index in [2.05, 4.69) is 6.92 Å². The van der Waals surface area contributed by atoms with Crippen LogP contribution in [0.2, 0.25) is 0 Å². The summed E-state index contributed by atoms with van der Waals surface area (Å²) < 4.78 is 25.6. The van der Waals surface area contributed by atoms with Crippen LogP contribution in [0, 0.1) is 17.8 Å². The molecule has 2 aliphatic rings. The third-order valence-electron chi connectivity index (χ3n) is 3.28. The molecule has 0 bridgehead atoms. The Hall–Kier alpha value is -0.140. The third-order valence-corrected chi connectivity index (χ3v) is 3.28. The van der Waals surface area contributed by atoms with Crippen molar-refractivity contribution < 1.29 is 8.78 Å². The maximum Gasteiger partial charge on any atom is 0.254 e. The number of halogens is 2. The second-order valence-corrected chi connectivity index (χ2v) is 3.93. The van der Waals surface area contributed by atoms with E-state index in [0.29, 0.717) is 5.92 Å². The fourth-order valence-electron chi connectivity index (χ4n) is 2.70. The standard InChI is InChI=1S/C9H14F2/c1-2-3-6-4-5-7-8(6)9(7,10)11/h6-8H,2-5H2,1H3. The Kier molecular flexibility index (Phi) is 1.48. The van der Waals surface area contributed by atoms with Crippen molar-refractivity contribution in [1.29, 1.82) is 0 Å². The van der Waals surface area contributed by atoms with E-state index in [-0.39, 0.29) is 11.8 Å². The van der Waals surface area contributed by atoms with Crippen LogP contribution in [0.3, 0.4) is 0 Å². The van der Waals surface area contributed by atoms with Crippen LogP contribution >= 0.6 is 0 Å². The lowest BCUT2D eigenvalue weighted by molar-refractivity contribution is 0.0584. The normalized spacial score (nSPS) is 45.5. The van der Waals surface area contributed by atoms with Gasteiger partial charge in [0, 0.05) is 11.8 Å². The molecule has 64 valence electrons. The number of fused-ring (bicyclic) bond motifs is 1. The van der Waals surface area contributed by atoms with Crippen molar-refractivity contribution in [3.05, 3.63) is 0 Å². The first-order valence-corrected chi connectivity index (χ1v) is 4.55. The van der Waals surface area contributed by atoms with Crippen LogP contribution in [0.5, 0.6) is 0 Å². The largest absolute Gasteiger partial charge is 0.254 e. The van der Waals surface area contributed by atoms with Gasteiger partial charge < -0.3 is 0 Å². The highest BCUT2D eigenvalue weighted by molar-refractivity contribution is 5.12. The molecule has 0 aromatic heterocycles. The first-order chi connectivity index (χ1) is 5.18. The SMILES string of the molecule is CCCC1CCC2C1C2(F)F. The fourth-order valence-corrected chi connectivity index (χ4v) is 2.70. The quantitative estimate of drug-likeness (QED) is 0.582. The molecule has 0 N–H and O–H groups in total. The molecule has 2 saturated carbocycles. The average Bonchev–Trinajstić information content (AvgIpc) is 2.37. The lowest BCUT2D eigenvalue weighted by Crippen LogP contribution is -2.08. The number of hydrogen-bond donors (Lipinski definition) is 0. The predicted octanol–water partition coefficient (Wildman–Crippen LogP) is 3.08. The average molecular weight is 160 g/mol. The highest BCUT2D eigenvalue weighted by atomic mass is 19.3. The van der Waals surface area contributed by atoms with Crippen molar-refractivity contribution in [3.8, 4) is 0 Å². The van der Waals surface area contributed by atoms with Crippen molar-refractivity contribution >= 4 is 0 Å². The summed E-state index contributed by atoms with van der Waals surface area (Å²) in [4.78, 5) is 0. The molecule has 0 aromatic rings. The Morgan fingerprint density at radius 1 is 1.36 bits per heavy atom. The summed E-state index contributed by atoms with van der Waals surface area (Å²) in [6.45, 7) is 2.08. The van der Waals surface area contributed by atoms with E-state index in [1.807, 2.05) is 0 Å². The van der Waals surface area contributed by atoms with Crippen LogP contribution in [0.1, 0.15) is 32.6 Å². The molecule has 11 heavy (non-hydrogen) atoms. The zero-order valence-electron chi connectivity index (χ0n) is 6.82. The molecule has 0 nitrogen and oxygen atoms in total. The van der Waals surface area contributed by atoms with Gasteiger partial charge in [0.15, 0.2) is 0 Å². The van der Waals surface area contributed by atoms with E-state index in [0.717, 1.165) is 25.7 Å². The lowest BCUT2D eigenvalue weighted by Gasteiger charge is -2.11. The maximum absolute atomic E-state index is 12.8. The first kappa shape index (κ1) is 7.51. The molecule has 0 radical (unpaired) electrons. The molecule has 3 unspecified atom stereocenters. The minimum atomic E-state index is -2.27. The molecule has 0 spiro atoms. The second kappa shape index (κ2) is 2.18. The van der Waals surface area contributed by atoms with E-state index < -0.39 is 5.92 Å². The van der Waals surface area contributed by atoms with Crippen LogP contribution in [0.15, 0.2) is 0 Å². The van der Waals surface area contributed by atoms with Gasteiger partial charge in [-0.2, -0.15) is 0 Å². The molecule has 0 saturated heterocycles. The molecule has 2 aliphatic carbocycles. The summed E-state index contributed by atoms with van der Waals surface area (Å²) >= 11 is 0. The molecular weight excluding hydrogens is 146 g/mol. The zero-order valence-corrected chi connectivity index (χ0v) is 6.82. The lowest BCUT2D eigenvalue weighted by atomic mass is 9.97. The van der Waals surface area contributed by atoms with Crippen LogP contribution in [0.25, 0.3) is 0 Å². The van der Waals surface area contributed by atoms with Gasteiger partial charge in [0.05, 0.1) is 0 Å². The monoisotopic (exact) mass is 160 g/mol. The third kappa shape index (κ3) is 0.911. The molecule has 2 fully saturated rings.